The summed E-state index contributed by atoms with van der Waals surface area (Å²) < 4.78 is 39.6. The molecule has 6 heteroatoms. The Balaban J connectivity index is 2.16. The highest BCUT2D eigenvalue weighted by molar-refractivity contribution is 9.10. The number of nitrogens with one attached hydrogen (secondary N) is 2. The molecular weight excluding hydrogens is 333 g/mol. The molecule has 2 rings (SSSR count). The van der Waals surface area contributed by atoms with E-state index in [0.29, 0.717) is 10.4 Å². The number of benzene rings is 1. The van der Waals surface area contributed by atoms with E-state index < -0.39 is 11.7 Å². The van der Waals surface area contributed by atoms with Gasteiger partial charge in [0.2, 0.25) is 0 Å². The van der Waals surface area contributed by atoms with Crippen LogP contribution in [0.5, 0.6) is 0 Å². The number of alkyl halides is 3. The zero-order valence-corrected chi connectivity index (χ0v) is 12.8. The van der Waals surface area contributed by atoms with Crippen LogP contribution in [-0.4, -0.2) is 19.1 Å². The third kappa shape index (κ3) is 3.88. The summed E-state index contributed by atoms with van der Waals surface area (Å²) in [5, 5.41) is 6.32. The van der Waals surface area contributed by atoms with Gasteiger partial charge in [-0.3, -0.25) is 0 Å². The van der Waals surface area contributed by atoms with Crippen LogP contribution in [-0.2, 0) is 6.18 Å². The SMILES string of the molecule is CC(Nc1ccc(Br)cc1C(F)(F)F)C1CCCNC1. The largest absolute Gasteiger partial charge is 0.418 e. The second-order valence-electron chi connectivity index (χ2n) is 5.23. The number of anilines is 1. The average molecular weight is 351 g/mol. The summed E-state index contributed by atoms with van der Waals surface area (Å²) in [5.74, 6) is 0.355. The van der Waals surface area contributed by atoms with E-state index in [1.165, 1.54) is 6.07 Å². The Hall–Kier alpha value is -0.750. The molecule has 1 aliphatic rings. The van der Waals surface area contributed by atoms with Crippen LogP contribution in [0.1, 0.15) is 25.3 Å². The van der Waals surface area contributed by atoms with E-state index in [9.17, 15) is 13.2 Å². The molecule has 1 aromatic rings. The van der Waals surface area contributed by atoms with Gasteiger partial charge < -0.3 is 10.6 Å². The van der Waals surface area contributed by atoms with E-state index in [1.807, 2.05) is 6.92 Å². The third-order valence-electron chi connectivity index (χ3n) is 3.71. The maximum Gasteiger partial charge on any atom is 0.418 e. The number of halogens is 4. The number of rotatable bonds is 3. The minimum absolute atomic E-state index is 0.00470. The van der Waals surface area contributed by atoms with Gasteiger partial charge in [-0.2, -0.15) is 13.2 Å². The molecule has 0 bridgehead atoms. The van der Waals surface area contributed by atoms with Gasteiger partial charge in [-0.25, -0.2) is 0 Å². The Morgan fingerprint density at radius 2 is 2.15 bits per heavy atom. The first kappa shape index (κ1) is 15.6. The summed E-state index contributed by atoms with van der Waals surface area (Å²) in [4.78, 5) is 0. The van der Waals surface area contributed by atoms with Gasteiger partial charge in [-0.1, -0.05) is 15.9 Å². The van der Waals surface area contributed by atoms with Crippen LogP contribution in [0.15, 0.2) is 22.7 Å². The molecule has 2 atom stereocenters. The van der Waals surface area contributed by atoms with Gasteiger partial charge in [-0.15, -0.1) is 0 Å². The molecule has 1 aliphatic heterocycles. The Bertz CT molecular complexity index is 456. The third-order valence-corrected chi connectivity index (χ3v) is 4.21. The summed E-state index contributed by atoms with van der Waals surface area (Å²) in [6, 6.07) is 4.24. The molecule has 1 aromatic carbocycles. The van der Waals surface area contributed by atoms with Gasteiger partial charge in [0, 0.05) is 16.2 Å². The first-order chi connectivity index (χ1) is 9.38. The van der Waals surface area contributed by atoms with Gasteiger partial charge in [-0.05, 0) is 57.0 Å². The van der Waals surface area contributed by atoms with Crippen molar-refractivity contribution in [3.05, 3.63) is 28.2 Å². The summed E-state index contributed by atoms with van der Waals surface area (Å²) in [6.45, 7) is 3.79. The van der Waals surface area contributed by atoms with Crippen molar-refractivity contribution in [3.8, 4) is 0 Å². The fourth-order valence-corrected chi connectivity index (χ4v) is 2.91. The lowest BCUT2D eigenvalue weighted by Crippen LogP contribution is -2.39. The van der Waals surface area contributed by atoms with Crippen LogP contribution in [0.4, 0.5) is 18.9 Å². The molecular formula is C14H18BrF3N2. The Kier molecular flexibility index (Phi) is 4.96. The van der Waals surface area contributed by atoms with E-state index in [1.54, 1.807) is 6.07 Å². The Morgan fingerprint density at radius 3 is 2.75 bits per heavy atom. The number of hydrogen-bond donors (Lipinski definition) is 2. The van der Waals surface area contributed by atoms with Crippen molar-refractivity contribution in [1.82, 2.24) is 5.32 Å². The monoisotopic (exact) mass is 350 g/mol. The molecule has 0 aromatic heterocycles. The minimum atomic E-state index is -4.35. The van der Waals surface area contributed by atoms with Crippen molar-refractivity contribution >= 4 is 21.6 Å². The van der Waals surface area contributed by atoms with E-state index in [-0.39, 0.29) is 11.7 Å². The van der Waals surface area contributed by atoms with Crippen LogP contribution in [0.3, 0.4) is 0 Å². The van der Waals surface area contributed by atoms with E-state index in [2.05, 4.69) is 26.6 Å². The van der Waals surface area contributed by atoms with Gasteiger partial charge in [0.15, 0.2) is 0 Å². The van der Waals surface area contributed by atoms with Crippen molar-refractivity contribution in [2.75, 3.05) is 18.4 Å². The maximum absolute atomic E-state index is 13.0. The molecule has 1 saturated heterocycles. The van der Waals surface area contributed by atoms with Crippen LogP contribution in [0.25, 0.3) is 0 Å². The number of piperidine rings is 1. The molecule has 0 spiro atoms. The van der Waals surface area contributed by atoms with Gasteiger partial charge in [0.05, 0.1) is 5.56 Å². The zero-order chi connectivity index (χ0) is 14.8. The van der Waals surface area contributed by atoms with Crippen LogP contribution in [0, 0.1) is 5.92 Å². The first-order valence-electron chi connectivity index (χ1n) is 6.72. The maximum atomic E-state index is 13.0. The topological polar surface area (TPSA) is 24.1 Å². The highest BCUT2D eigenvalue weighted by Gasteiger charge is 2.34. The highest BCUT2D eigenvalue weighted by atomic mass is 79.9. The van der Waals surface area contributed by atoms with Gasteiger partial charge in [0.25, 0.3) is 0 Å². The normalized spacial score (nSPS) is 21.6. The molecule has 0 amide bonds. The molecule has 112 valence electrons. The molecule has 2 unspecified atom stereocenters. The fourth-order valence-electron chi connectivity index (χ4n) is 2.55. The molecule has 1 fully saturated rings. The van der Waals surface area contributed by atoms with Crippen LogP contribution < -0.4 is 10.6 Å². The van der Waals surface area contributed by atoms with E-state index >= 15 is 0 Å². The van der Waals surface area contributed by atoms with E-state index in [0.717, 1.165) is 32.0 Å². The zero-order valence-electron chi connectivity index (χ0n) is 11.2. The lowest BCUT2D eigenvalue weighted by molar-refractivity contribution is -0.137. The lowest BCUT2D eigenvalue weighted by atomic mass is 9.92. The minimum Gasteiger partial charge on any atom is -0.382 e. The van der Waals surface area contributed by atoms with Gasteiger partial charge >= 0.3 is 6.18 Å². The van der Waals surface area contributed by atoms with Crippen molar-refractivity contribution < 1.29 is 13.2 Å². The summed E-state index contributed by atoms with van der Waals surface area (Å²) in [5.41, 5.74) is -0.471. The second kappa shape index (κ2) is 6.35. The molecule has 0 aliphatic carbocycles. The fraction of sp³-hybridized carbons (Fsp3) is 0.571. The van der Waals surface area contributed by atoms with Crippen molar-refractivity contribution in [3.63, 3.8) is 0 Å². The molecule has 0 radical (unpaired) electrons. The Labute approximate surface area is 125 Å². The molecule has 0 saturated carbocycles. The second-order valence-corrected chi connectivity index (χ2v) is 6.14. The smallest absolute Gasteiger partial charge is 0.382 e. The lowest BCUT2D eigenvalue weighted by Gasteiger charge is -2.30. The standard InChI is InChI=1S/C14H18BrF3N2/c1-9(10-3-2-6-19-8-10)20-13-5-4-11(15)7-12(13)14(16,17)18/h4-5,7,9-10,19-20H,2-3,6,8H2,1H3. The predicted molar refractivity (Wildman–Crippen MR) is 77.8 cm³/mol. The van der Waals surface area contributed by atoms with Crippen molar-refractivity contribution in [2.45, 2.75) is 32.0 Å². The average Bonchev–Trinajstić information content (AvgIpc) is 2.40. The molecule has 1 heterocycles. The quantitative estimate of drug-likeness (QED) is 0.850. The van der Waals surface area contributed by atoms with Gasteiger partial charge in [0.1, 0.15) is 0 Å². The van der Waals surface area contributed by atoms with Crippen molar-refractivity contribution in [2.24, 2.45) is 5.92 Å². The molecule has 2 N–H and O–H groups in total. The summed E-state index contributed by atoms with van der Waals surface area (Å²) in [6.07, 6.45) is -2.24. The predicted octanol–water partition coefficient (Wildman–Crippen LogP) is 4.27. The molecule has 20 heavy (non-hydrogen) atoms. The van der Waals surface area contributed by atoms with Crippen molar-refractivity contribution in [1.29, 1.82) is 0 Å². The summed E-state index contributed by atoms with van der Waals surface area (Å²) in [7, 11) is 0. The van der Waals surface area contributed by atoms with E-state index in [4.69, 9.17) is 0 Å². The summed E-state index contributed by atoms with van der Waals surface area (Å²) >= 11 is 3.09. The highest BCUT2D eigenvalue weighted by Crippen LogP contribution is 2.37. The Morgan fingerprint density at radius 1 is 1.40 bits per heavy atom. The van der Waals surface area contributed by atoms with Crippen LogP contribution in [0.2, 0.25) is 0 Å². The number of hydrogen-bond acceptors (Lipinski definition) is 2. The van der Waals surface area contributed by atoms with Crippen LogP contribution >= 0.6 is 15.9 Å². The molecule has 2 nitrogen and oxygen atoms in total. The first-order valence-corrected chi connectivity index (χ1v) is 7.51.